The molecule has 1 aliphatic heterocycles. The molecule has 1 aliphatic rings. The molecule has 0 bridgehead atoms. The summed E-state index contributed by atoms with van der Waals surface area (Å²) in [5.74, 6) is 0.0411. The van der Waals surface area contributed by atoms with Crippen LogP contribution in [-0.2, 0) is 4.74 Å². The highest BCUT2D eigenvalue weighted by molar-refractivity contribution is 6.07. The molecule has 1 amide bonds. The van der Waals surface area contributed by atoms with Crippen LogP contribution in [0.15, 0.2) is 54.9 Å². The van der Waals surface area contributed by atoms with Crippen LogP contribution in [0.5, 0.6) is 0 Å². The van der Waals surface area contributed by atoms with Crippen LogP contribution < -0.4 is 0 Å². The van der Waals surface area contributed by atoms with Gasteiger partial charge in [-0.05, 0) is 30.7 Å². The molecule has 1 saturated heterocycles. The van der Waals surface area contributed by atoms with Crippen LogP contribution in [-0.4, -0.2) is 47.1 Å². The molecule has 0 N–H and O–H groups in total. The van der Waals surface area contributed by atoms with Crippen molar-refractivity contribution in [2.75, 3.05) is 26.3 Å². The fourth-order valence-corrected chi connectivity index (χ4v) is 3.14. The molecule has 0 radical (unpaired) electrons. The van der Waals surface area contributed by atoms with Gasteiger partial charge >= 0.3 is 0 Å². The Morgan fingerprint density at radius 2 is 1.88 bits per heavy atom. The third-order valence-electron chi connectivity index (χ3n) is 4.43. The SMILES string of the molecule is O=C(c1cc(-c2ccncc2)nc2ccccc12)N1CCCOCC1. The van der Waals surface area contributed by atoms with E-state index in [2.05, 4.69) is 4.98 Å². The topological polar surface area (TPSA) is 55.3 Å². The van der Waals surface area contributed by atoms with E-state index in [9.17, 15) is 4.79 Å². The number of aromatic nitrogens is 2. The molecule has 126 valence electrons. The predicted molar refractivity (Wildman–Crippen MR) is 96.3 cm³/mol. The van der Waals surface area contributed by atoms with Crippen molar-refractivity contribution in [2.45, 2.75) is 6.42 Å². The van der Waals surface area contributed by atoms with Gasteiger partial charge in [0.25, 0.3) is 5.91 Å². The lowest BCUT2D eigenvalue weighted by molar-refractivity contribution is 0.0743. The number of amides is 1. The number of ether oxygens (including phenoxy) is 1. The molecule has 1 aromatic carbocycles. The molecule has 4 rings (SSSR count). The fourth-order valence-electron chi connectivity index (χ4n) is 3.14. The second kappa shape index (κ2) is 6.99. The molecule has 25 heavy (non-hydrogen) atoms. The fraction of sp³-hybridized carbons (Fsp3) is 0.250. The van der Waals surface area contributed by atoms with E-state index in [0.29, 0.717) is 25.3 Å². The number of rotatable bonds is 2. The van der Waals surface area contributed by atoms with E-state index < -0.39 is 0 Å². The molecule has 5 heteroatoms. The summed E-state index contributed by atoms with van der Waals surface area (Å²) >= 11 is 0. The first-order valence-electron chi connectivity index (χ1n) is 8.50. The highest BCUT2D eigenvalue weighted by Gasteiger charge is 2.21. The van der Waals surface area contributed by atoms with Crippen LogP contribution in [0.25, 0.3) is 22.2 Å². The first-order chi connectivity index (χ1) is 12.3. The second-order valence-electron chi connectivity index (χ2n) is 6.07. The number of para-hydroxylation sites is 1. The van der Waals surface area contributed by atoms with Gasteiger partial charge in [-0.15, -0.1) is 0 Å². The third kappa shape index (κ3) is 3.23. The molecular formula is C20H19N3O2. The average Bonchev–Trinajstić information content (AvgIpc) is 2.97. The Balaban J connectivity index is 1.82. The molecule has 0 unspecified atom stereocenters. The van der Waals surface area contributed by atoms with Gasteiger partial charge in [0.1, 0.15) is 0 Å². The monoisotopic (exact) mass is 333 g/mol. The van der Waals surface area contributed by atoms with E-state index in [4.69, 9.17) is 9.72 Å². The van der Waals surface area contributed by atoms with Crippen LogP contribution in [0.4, 0.5) is 0 Å². The zero-order valence-corrected chi connectivity index (χ0v) is 13.9. The van der Waals surface area contributed by atoms with Crippen molar-refractivity contribution < 1.29 is 9.53 Å². The average molecular weight is 333 g/mol. The van der Waals surface area contributed by atoms with Crippen molar-refractivity contribution >= 4 is 16.8 Å². The van der Waals surface area contributed by atoms with Crippen LogP contribution >= 0.6 is 0 Å². The normalized spacial score (nSPS) is 15.1. The van der Waals surface area contributed by atoms with Gasteiger partial charge in [-0.25, -0.2) is 4.98 Å². The molecule has 0 atom stereocenters. The summed E-state index contributed by atoms with van der Waals surface area (Å²) in [6, 6.07) is 13.5. The van der Waals surface area contributed by atoms with E-state index in [1.807, 2.05) is 47.4 Å². The Morgan fingerprint density at radius 1 is 1.04 bits per heavy atom. The minimum absolute atomic E-state index is 0.0411. The van der Waals surface area contributed by atoms with Crippen LogP contribution in [0, 0.1) is 0 Å². The maximum Gasteiger partial charge on any atom is 0.254 e. The summed E-state index contributed by atoms with van der Waals surface area (Å²) in [5, 5.41) is 0.885. The quantitative estimate of drug-likeness (QED) is 0.723. The minimum Gasteiger partial charge on any atom is -0.380 e. The van der Waals surface area contributed by atoms with Crippen LogP contribution in [0.3, 0.4) is 0 Å². The van der Waals surface area contributed by atoms with E-state index in [0.717, 1.165) is 35.1 Å². The first kappa shape index (κ1) is 15.7. The molecular weight excluding hydrogens is 314 g/mol. The number of carbonyl (C=O) groups is 1. The Bertz CT molecular complexity index is 888. The summed E-state index contributed by atoms with van der Waals surface area (Å²) in [4.78, 5) is 23.8. The van der Waals surface area contributed by atoms with E-state index in [1.54, 1.807) is 12.4 Å². The lowest BCUT2D eigenvalue weighted by Crippen LogP contribution is -2.33. The lowest BCUT2D eigenvalue weighted by atomic mass is 10.0. The summed E-state index contributed by atoms with van der Waals surface area (Å²) in [6.07, 6.45) is 4.34. The maximum absolute atomic E-state index is 13.2. The van der Waals surface area contributed by atoms with E-state index >= 15 is 0 Å². The van der Waals surface area contributed by atoms with Crippen molar-refractivity contribution in [2.24, 2.45) is 0 Å². The summed E-state index contributed by atoms with van der Waals surface area (Å²) < 4.78 is 5.48. The molecule has 2 aromatic heterocycles. The van der Waals surface area contributed by atoms with Gasteiger partial charge < -0.3 is 9.64 Å². The molecule has 3 aromatic rings. The zero-order chi connectivity index (χ0) is 17.1. The molecule has 3 heterocycles. The van der Waals surface area contributed by atoms with Crippen molar-refractivity contribution in [1.29, 1.82) is 0 Å². The first-order valence-corrected chi connectivity index (χ1v) is 8.50. The van der Waals surface area contributed by atoms with E-state index in [-0.39, 0.29) is 5.91 Å². The maximum atomic E-state index is 13.2. The van der Waals surface area contributed by atoms with Gasteiger partial charge in [-0.3, -0.25) is 9.78 Å². The van der Waals surface area contributed by atoms with Gasteiger partial charge in [-0.1, -0.05) is 18.2 Å². The molecule has 0 saturated carbocycles. The Labute approximate surface area is 146 Å². The predicted octanol–water partition coefficient (Wildman–Crippen LogP) is 3.16. The van der Waals surface area contributed by atoms with Crippen molar-refractivity contribution in [3.05, 3.63) is 60.4 Å². The number of pyridine rings is 2. The van der Waals surface area contributed by atoms with Crippen molar-refractivity contribution in [3.63, 3.8) is 0 Å². The van der Waals surface area contributed by atoms with Crippen molar-refractivity contribution in [3.8, 4) is 11.3 Å². The number of hydrogen-bond donors (Lipinski definition) is 0. The largest absolute Gasteiger partial charge is 0.380 e. The third-order valence-corrected chi connectivity index (χ3v) is 4.43. The molecule has 5 nitrogen and oxygen atoms in total. The molecule has 1 fully saturated rings. The van der Waals surface area contributed by atoms with Gasteiger partial charge in [0, 0.05) is 43.0 Å². The highest BCUT2D eigenvalue weighted by atomic mass is 16.5. The number of hydrogen-bond acceptors (Lipinski definition) is 4. The Morgan fingerprint density at radius 3 is 2.76 bits per heavy atom. The summed E-state index contributed by atoms with van der Waals surface area (Å²) in [5.41, 5.74) is 3.26. The van der Waals surface area contributed by atoms with Crippen LogP contribution in [0.1, 0.15) is 16.8 Å². The van der Waals surface area contributed by atoms with Crippen molar-refractivity contribution in [1.82, 2.24) is 14.9 Å². The number of fused-ring (bicyclic) bond motifs is 1. The Hall–Kier alpha value is -2.79. The highest BCUT2D eigenvalue weighted by Crippen LogP contribution is 2.25. The number of carbonyl (C=O) groups excluding carboxylic acids is 1. The number of benzene rings is 1. The molecule has 0 spiro atoms. The summed E-state index contributed by atoms with van der Waals surface area (Å²) in [7, 11) is 0. The zero-order valence-electron chi connectivity index (χ0n) is 13.9. The van der Waals surface area contributed by atoms with Gasteiger partial charge in [0.2, 0.25) is 0 Å². The van der Waals surface area contributed by atoms with Crippen LogP contribution in [0.2, 0.25) is 0 Å². The Kier molecular flexibility index (Phi) is 4.39. The lowest BCUT2D eigenvalue weighted by Gasteiger charge is -2.21. The number of nitrogens with zero attached hydrogens (tertiary/aromatic N) is 3. The van der Waals surface area contributed by atoms with Gasteiger partial charge in [0.15, 0.2) is 0 Å². The standard InChI is InChI=1S/C20H19N3O2/c24-20(23-10-3-12-25-13-11-23)17-14-19(15-6-8-21-9-7-15)22-18-5-2-1-4-16(17)18/h1-2,4-9,14H,3,10-13H2. The summed E-state index contributed by atoms with van der Waals surface area (Å²) in [6.45, 7) is 2.65. The minimum atomic E-state index is 0.0411. The van der Waals surface area contributed by atoms with Gasteiger partial charge in [-0.2, -0.15) is 0 Å². The molecule has 0 aliphatic carbocycles. The smallest absolute Gasteiger partial charge is 0.254 e. The second-order valence-corrected chi connectivity index (χ2v) is 6.07. The van der Waals surface area contributed by atoms with Gasteiger partial charge in [0.05, 0.1) is 23.4 Å². The van der Waals surface area contributed by atoms with E-state index in [1.165, 1.54) is 0 Å².